The molecule has 0 radical (unpaired) electrons. The fraction of sp³-hybridized carbons (Fsp3) is 0.235. The second-order valence-corrected chi connectivity index (χ2v) is 5.56. The predicted molar refractivity (Wildman–Crippen MR) is 85.5 cm³/mol. The van der Waals surface area contributed by atoms with Crippen molar-refractivity contribution in [2.24, 2.45) is 0 Å². The molecule has 1 unspecified atom stereocenters. The van der Waals surface area contributed by atoms with E-state index in [2.05, 4.69) is 36.2 Å². The average molecular weight is 299 g/mol. The quantitative estimate of drug-likeness (QED) is 0.853. The summed E-state index contributed by atoms with van der Waals surface area (Å²) in [6.45, 7) is 2.45. The van der Waals surface area contributed by atoms with Crippen molar-refractivity contribution in [1.82, 2.24) is 5.32 Å². The van der Waals surface area contributed by atoms with Crippen molar-refractivity contribution in [1.29, 1.82) is 0 Å². The van der Waals surface area contributed by atoms with Crippen LogP contribution in [0.1, 0.15) is 33.6 Å². The number of benzene rings is 1. The molecule has 1 heterocycles. The molecule has 0 bridgehead atoms. The van der Waals surface area contributed by atoms with Crippen molar-refractivity contribution in [2.45, 2.75) is 12.8 Å². The zero-order chi connectivity index (χ0) is 15.1. The Kier molecular flexibility index (Phi) is 5.56. The normalized spacial score (nSPS) is 11.3. The summed E-state index contributed by atoms with van der Waals surface area (Å²) in [5, 5.41) is 13.5. The molecule has 0 saturated heterocycles. The Hall–Kier alpha value is -2.09. The summed E-state index contributed by atoms with van der Waals surface area (Å²) < 4.78 is 0. The first kappa shape index (κ1) is 15.3. The minimum atomic E-state index is -0.206. The van der Waals surface area contributed by atoms with E-state index in [9.17, 15) is 4.79 Å². The first-order chi connectivity index (χ1) is 10.2. The fourth-order valence-corrected chi connectivity index (χ4v) is 2.71. The molecule has 0 aliphatic heterocycles. The highest BCUT2D eigenvalue weighted by Gasteiger charge is 2.13. The third-order valence-corrected chi connectivity index (χ3v) is 4.02. The number of thiophene rings is 1. The van der Waals surface area contributed by atoms with Gasteiger partial charge in [-0.2, -0.15) is 0 Å². The van der Waals surface area contributed by atoms with E-state index < -0.39 is 0 Å². The maximum absolute atomic E-state index is 12.2. The van der Waals surface area contributed by atoms with Gasteiger partial charge in [0.15, 0.2) is 0 Å². The molecule has 0 aliphatic rings. The second kappa shape index (κ2) is 7.63. The predicted octanol–water partition coefficient (Wildman–Crippen LogP) is 2.63. The summed E-state index contributed by atoms with van der Waals surface area (Å²) in [4.78, 5) is 12.8. The molecule has 1 amide bonds. The van der Waals surface area contributed by atoms with Gasteiger partial charge in [-0.15, -0.1) is 11.3 Å². The third-order valence-electron chi connectivity index (χ3n) is 3.11. The molecule has 3 nitrogen and oxygen atoms in total. The fourth-order valence-electron chi connectivity index (χ4n) is 1.94. The first-order valence-electron chi connectivity index (χ1n) is 6.72. The third kappa shape index (κ3) is 4.19. The molecule has 4 heteroatoms. The minimum absolute atomic E-state index is 0.116. The topological polar surface area (TPSA) is 49.3 Å². The van der Waals surface area contributed by atoms with E-state index in [0.29, 0.717) is 17.0 Å². The van der Waals surface area contributed by atoms with Crippen LogP contribution in [-0.2, 0) is 0 Å². The van der Waals surface area contributed by atoms with Crippen LogP contribution in [0.2, 0.25) is 0 Å². The van der Waals surface area contributed by atoms with Gasteiger partial charge in [-0.05, 0) is 22.9 Å². The smallest absolute Gasteiger partial charge is 0.262 e. The van der Waals surface area contributed by atoms with Gasteiger partial charge in [0.2, 0.25) is 0 Å². The Morgan fingerprint density at radius 2 is 2.10 bits per heavy atom. The van der Waals surface area contributed by atoms with Crippen LogP contribution in [-0.4, -0.2) is 24.2 Å². The van der Waals surface area contributed by atoms with Crippen molar-refractivity contribution in [3.63, 3.8) is 0 Å². The van der Waals surface area contributed by atoms with Gasteiger partial charge in [-0.3, -0.25) is 4.79 Å². The molecule has 1 aromatic heterocycles. The lowest BCUT2D eigenvalue weighted by Crippen LogP contribution is -2.27. The Balaban J connectivity index is 1.98. The SMILES string of the molecule is CC(CNC(=O)c1sccc1C#CCO)c1ccccc1. The van der Waals surface area contributed by atoms with Gasteiger partial charge >= 0.3 is 0 Å². The lowest BCUT2D eigenvalue weighted by molar-refractivity contribution is 0.0955. The largest absolute Gasteiger partial charge is 0.384 e. The number of rotatable bonds is 4. The molecular formula is C17H17NO2S. The molecule has 2 aromatic rings. The van der Waals surface area contributed by atoms with Crippen LogP contribution in [0.3, 0.4) is 0 Å². The standard InChI is InChI=1S/C17H17NO2S/c1-13(14-6-3-2-4-7-14)12-18-17(20)16-15(8-5-10-19)9-11-21-16/h2-4,6-7,9,11,13,19H,10,12H2,1H3,(H,18,20). The summed E-state index contributed by atoms with van der Waals surface area (Å²) in [5.41, 5.74) is 1.86. The molecule has 1 aromatic carbocycles. The van der Waals surface area contributed by atoms with Crippen LogP contribution in [0, 0.1) is 11.8 Å². The van der Waals surface area contributed by atoms with E-state index in [-0.39, 0.29) is 18.4 Å². The molecule has 0 fully saturated rings. The Morgan fingerprint density at radius 1 is 1.33 bits per heavy atom. The van der Waals surface area contributed by atoms with E-state index in [4.69, 9.17) is 5.11 Å². The number of carbonyl (C=O) groups is 1. The van der Waals surface area contributed by atoms with Gasteiger partial charge < -0.3 is 10.4 Å². The lowest BCUT2D eigenvalue weighted by Gasteiger charge is -2.12. The summed E-state index contributed by atoms with van der Waals surface area (Å²) in [6.07, 6.45) is 0. The van der Waals surface area contributed by atoms with Crippen LogP contribution in [0.5, 0.6) is 0 Å². The van der Waals surface area contributed by atoms with Crippen molar-refractivity contribution in [2.75, 3.05) is 13.2 Å². The Bertz CT molecular complexity index is 652. The summed E-state index contributed by atoms with van der Waals surface area (Å²) >= 11 is 1.36. The number of aliphatic hydroxyl groups is 1. The van der Waals surface area contributed by atoms with Crippen LogP contribution in [0.15, 0.2) is 41.8 Å². The number of aliphatic hydroxyl groups excluding tert-OH is 1. The summed E-state index contributed by atoms with van der Waals surface area (Å²) in [7, 11) is 0. The molecule has 1 atom stereocenters. The Labute approximate surface area is 128 Å². The van der Waals surface area contributed by atoms with Crippen LogP contribution in [0.4, 0.5) is 0 Å². The van der Waals surface area contributed by atoms with Crippen molar-refractivity contribution >= 4 is 17.2 Å². The van der Waals surface area contributed by atoms with Gasteiger partial charge in [0.25, 0.3) is 5.91 Å². The van der Waals surface area contributed by atoms with E-state index >= 15 is 0 Å². The van der Waals surface area contributed by atoms with Crippen molar-refractivity contribution in [3.05, 3.63) is 57.8 Å². The molecule has 0 spiro atoms. The summed E-state index contributed by atoms with van der Waals surface area (Å²) in [6, 6.07) is 11.9. The maximum atomic E-state index is 12.2. The summed E-state index contributed by atoms with van der Waals surface area (Å²) in [5.74, 6) is 5.50. The number of hydrogen-bond acceptors (Lipinski definition) is 3. The zero-order valence-electron chi connectivity index (χ0n) is 11.8. The molecule has 108 valence electrons. The Morgan fingerprint density at radius 3 is 2.81 bits per heavy atom. The van der Waals surface area contributed by atoms with E-state index in [1.807, 2.05) is 23.6 Å². The number of carbonyl (C=O) groups excluding carboxylic acids is 1. The van der Waals surface area contributed by atoms with E-state index in [1.54, 1.807) is 6.07 Å². The molecule has 0 saturated carbocycles. The zero-order valence-corrected chi connectivity index (χ0v) is 12.6. The number of hydrogen-bond donors (Lipinski definition) is 2. The first-order valence-corrected chi connectivity index (χ1v) is 7.60. The van der Waals surface area contributed by atoms with Crippen LogP contribution >= 0.6 is 11.3 Å². The highest BCUT2D eigenvalue weighted by molar-refractivity contribution is 7.12. The van der Waals surface area contributed by atoms with Crippen LogP contribution in [0.25, 0.3) is 0 Å². The molecule has 0 aliphatic carbocycles. The van der Waals surface area contributed by atoms with Crippen molar-refractivity contribution < 1.29 is 9.90 Å². The molecule has 2 rings (SSSR count). The molecule has 2 N–H and O–H groups in total. The lowest BCUT2D eigenvalue weighted by atomic mass is 10.0. The molecule has 21 heavy (non-hydrogen) atoms. The van der Waals surface area contributed by atoms with Crippen molar-refractivity contribution in [3.8, 4) is 11.8 Å². The van der Waals surface area contributed by atoms with Gasteiger partial charge in [-0.25, -0.2) is 0 Å². The highest BCUT2D eigenvalue weighted by atomic mass is 32.1. The monoisotopic (exact) mass is 299 g/mol. The van der Waals surface area contributed by atoms with E-state index in [0.717, 1.165) is 0 Å². The maximum Gasteiger partial charge on any atom is 0.262 e. The van der Waals surface area contributed by atoms with Gasteiger partial charge in [0, 0.05) is 12.1 Å². The molecular weight excluding hydrogens is 282 g/mol. The van der Waals surface area contributed by atoms with Gasteiger partial charge in [-0.1, -0.05) is 49.1 Å². The second-order valence-electron chi connectivity index (χ2n) is 4.65. The van der Waals surface area contributed by atoms with Crippen LogP contribution < -0.4 is 5.32 Å². The van der Waals surface area contributed by atoms with Gasteiger partial charge in [0.1, 0.15) is 11.5 Å². The van der Waals surface area contributed by atoms with E-state index in [1.165, 1.54) is 16.9 Å². The number of nitrogens with one attached hydrogen (secondary N) is 1. The average Bonchev–Trinajstić information content (AvgIpc) is 2.99. The number of amides is 1. The van der Waals surface area contributed by atoms with Gasteiger partial charge in [0.05, 0.1) is 0 Å². The highest BCUT2D eigenvalue weighted by Crippen LogP contribution is 2.17. The minimum Gasteiger partial charge on any atom is -0.384 e.